The summed E-state index contributed by atoms with van der Waals surface area (Å²) in [5.41, 5.74) is 8.04. The normalized spacial score (nSPS) is 26.1. The van der Waals surface area contributed by atoms with Crippen LogP contribution >= 0.6 is 0 Å². The number of piperidine rings is 1. The maximum absolute atomic E-state index is 14.0. The number of nitrogens with zero attached hydrogens (tertiary/aromatic N) is 1. The van der Waals surface area contributed by atoms with Crippen molar-refractivity contribution in [1.29, 1.82) is 0 Å². The highest BCUT2D eigenvalue weighted by Gasteiger charge is 2.31. The summed E-state index contributed by atoms with van der Waals surface area (Å²) in [4.78, 5) is 2.28. The summed E-state index contributed by atoms with van der Waals surface area (Å²) < 4.78 is 14.0. The average Bonchev–Trinajstić information content (AvgIpc) is 2.32. The van der Waals surface area contributed by atoms with Gasteiger partial charge in [0.2, 0.25) is 0 Å². The van der Waals surface area contributed by atoms with Gasteiger partial charge in [-0.1, -0.05) is 24.6 Å². The van der Waals surface area contributed by atoms with Gasteiger partial charge in [0.05, 0.1) is 6.04 Å². The number of likely N-dealkylation sites (N-methyl/N-ethyl adjacent to an activating group) is 1. The lowest BCUT2D eigenvalue weighted by molar-refractivity contribution is 0.132. The van der Waals surface area contributed by atoms with Crippen LogP contribution in [0.3, 0.4) is 0 Å². The first-order valence-corrected chi connectivity index (χ1v) is 6.39. The molecule has 1 aliphatic heterocycles. The number of aryl methyl sites for hydroxylation is 1. The van der Waals surface area contributed by atoms with Crippen LogP contribution < -0.4 is 5.73 Å². The fourth-order valence-electron chi connectivity index (χ4n) is 2.77. The van der Waals surface area contributed by atoms with Crippen LogP contribution in [-0.4, -0.2) is 24.0 Å². The first kappa shape index (κ1) is 12.5. The predicted octanol–water partition coefficient (Wildman–Crippen LogP) is 2.62. The smallest absolute Gasteiger partial charge is 0.128 e. The third-order valence-corrected chi connectivity index (χ3v) is 3.66. The molecule has 2 atom stereocenters. The fourth-order valence-corrected chi connectivity index (χ4v) is 2.77. The van der Waals surface area contributed by atoms with Crippen molar-refractivity contribution in [2.75, 3.05) is 13.1 Å². The second-order valence-electron chi connectivity index (χ2n) is 4.90. The van der Waals surface area contributed by atoms with E-state index < -0.39 is 0 Å². The molecule has 17 heavy (non-hydrogen) atoms. The van der Waals surface area contributed by atoms with Gasteiger partial charge in [0.15, 0.2) is 0 Å². The van der Waals surface area contributed by atoms with Gasteiger partial charge in [-0.2, -0.15) is 0 Å². The van der Waals surface area contributed by atoms with Gasteiger partial charge >= 0.3 is 0 Å². The summed E-state index contributed by atoms with van der Waals surface area (Å²) in [6, 6.07) is 5.38. The minimum atomic E-state index is -0.128. The molecule has 0 bridgehead atoms. The van der Waals surface area contributed by atoms with Crippen LogP contribution in [0.2, 0.25) is 0 Å². The van der Waals surface area contributed by atoms with Gasteiger partial charge in [-0.05, 0) is 38.9 Å². The van der Waals surface area contributed by atoms with Crippen molar-refractivity contribution >= 4 is 0 Å². The van der Waals surface area contributed by atoms with Gasteiger partial charge in [0.1, 0.15) is 5.82 Å². The maximum Gasteiger partial charge on any atom is 0.128 e. The lowest BCUT2D eigenvalue weighted by atomic mass is 9.90. The average molecular weight is 236 g/mol. The van der Waals surface area contributed by atoms with E-state index in [1.54, 1.807) is 6.07 Å². The topological polar surface area (TPSA) is 29.3 Å². The lowest BCUT2D eigenvalue weighted by Gasteiger charge is -2.39. The predicted molar refractivity (Wildman–Crippen MR) is 68.3 cm³/mol. The molecule has 0 aliphatic carbocycles. The Morgan fingerprint density at radius 2 is 2.24 bits per heavy atom. The zero-order valence-electron chi connectivity index (χ0n) is 10.6. The summed E-state index contributed by atoms with van der Waals surface area (Å²) in [5, 5.41) is 0. The molecule has 1 saturated heterocycles. The Morgan fingerprint density at radius 1 is 1.47 bits per heavy atom. The molecular weight excluding hydrogens is 215 g/mol. The van der Waals surface area contributed by atoms with Crippen molar-refractivity contribution in [2.45, 2.75) is 38.8 Å². The molecule has 1 aromatic rings. The van der Waals surface area contributed by atoms with Crippen LogP contribution in [0.5, 0.6) is 0 Å². The van der Waals surface area contributed by atoms with Crippen molar-refractivity contribution in [3.05, 3.63) is 35.1 Å². The van der Waals surface area contributed by atoms with E-state index in [9.17, 15) is 4.39 Å². The zero-order chi connectivity index (χ0) is 12.4. The van der Waals surface area contributed by atoms with Crippen molar-refractivity contribution in [1.82, 2.24) is 4.90 Å². The minimum absolute atomic E-state index is 0.0358. The van der Waals surface area contributed by atoms with Crippen molar-refractivity contribution in [3.8, 4) is 0 Å². The standard InChI is InChI=1S/C14H21FN2/c1-3-17-8-4-5-13(16)14(17)11-9-10(2)6-7-12(11)15/h6-7,9,13-14H,3-5,8,16H2,1-2H3. The van der Waals surface area contributed by atoms with Gasteiger partial charge in [-0.3, -0.25) is 4.90 Å². The van der Waals surface area contributed by atoms with Crippen LogP contribution in [0.4, 0.5) is 4.39 Å². The van der Waals surface area contributed by atoms with Crippen molar-refractivity contribution in [2.24, 2.45) is 5.73 Å². The Hall–Kier alpha value is -0.930. The Bertz CT molecular complexity index is 392. The number of benzene rings is 1. The Labute approximate surface area is 103 Å². The molecule has 1 fully saturated rings. The highest BCUT2D eigenvalue weighted by atomic mass is 19.1. The summed E-state index contributed by atoms with van der Waals surface area (Å²) in [7, 11) is 0. The van der Waals surface area contributed by atoms with Crippen LogP contribution in [0.25, 0.3) is 0 Å². The first-order chi connectivity index (χ1) is 8.13. The summed E-state index contributed by atoms with van der Waals surface area (Å²) in [6.45, 7) is 6.04. The number of hydrogen-bond acceptors (Lipinski definition) is 2. The molecule has 2 rings (SSSR count). The summed E-state index contributed by atoms with van der Waals surface area (Å²) >= 11 is 0. The third kappa shape index (κ3) is 2.50. The lowest BCUT2D eigenvalue weighted by Crippen LogP contribution is -2.46. The molecule has 1 heterocycles. The van der Waals surface area contributed by atoms with Gasteiger partial charge in [-0.25, -0.2) is 4.39 Å². The molecule has 2 nitrogen and oxygen atoms in total. The summed E-state index contributed by atoms with van der Waals surface area (Å²) in [5.74, 6) is -0.128. The number of nitrogens with two attached hydrogens (primary N) is 1. The number of likely N-dealkylation sites (tertiary alicyclic amines) is 1. The molecule has 2 N–H and O–H groups in total. The SMILES string of the molecule is CCN1CCCC(N)C1c1cc(C)ccc1F. The van der Waals surface area contributed by atoms with Crippen molar-refractivity contribution < 1.29 is 4.39 Å². The number of rotatable bonds is 2. The quantitative estimate of drug-likeness (QED) is 0.855. The van der Waals surface area contributed by atoms with E-state index in [2.05, 4.69) is 11.8 Å². The monoisotopic (exact) mass is 236 g/mol. The van der Waals surface area contributed by atoms with Gasteiger partial charge in [0.25, 0.3) is 0 Å². The molecule has 0 amide bonds. The van der Waals surface area contributed by atoms with Crippen LogP contribution in [0.1, 0.15) is 36.9 Å². The molecule has 94 valence electrons. The maximum atomic E-state index is 14.0. The Kier molecular flexibility index (Phi) is 3.79. The van der Waals surface area contributed by atoms with Crippen LogP contribution in [-0.2, 0) is 0 Å². The molecule has 1 aliphatic rings. The van der Waals surface area contributed by atoms with E-state index >= 15 is 0 Å². The van der Waals surface area contributed by atoms with E-state index in [0.29, 0.717) is 0 Å². The Morgan fingerprint density at radius 3 is 2.94 bits per heavy atom. The van der Waals surface area contributed by atoms with E-state index in [-0.39, 0.29) is 17.9 Å². The number of hydrogen-bond donors (Lipinski definition) is 1. The molecular formula is C14H21FN2. The molecule has 3 heteroatoms. The van der Waals surface area contributed by atoms with Crippen LogP contribution in [0, 0.1) is 12.7 Å². The molecule has 0 radical (unpaired) electrons. The second kappa shape index (κ2) is 5.15. The molecule has 1 aromatic carbocycles. The van der Waals surface area contributed by atoms with Gasteiger partial charge < -0.3 is 5.73 Å². The van der Waals surface area contributed by atoms with Gasteiger partial charge in [-0.15, -0.1) is 0 Å². The van der Waals surface area contributed by atoms with E-state index in [1.807, 2.05) is 19.1 Å². The third-order valence-electron chi connectivity index (χ3n) is 3.66. The fraction of sp³-hybridized carbons (Fsp3) is 0.571. The zero-order valence-corrected chi connectivity index (χ0v) is 10.6. The second-order valence-corrected chi connectivity index (χ2v) is 4.90. The van der Waals surface area contributed by atoms with Crippen LogP contribution in [0.15, 0.2) is 18.2 Å². The van der Waals surface area contributed by atoms with E-state index in [4.69, 9.17) is 5.73 Å². The highest BCUT2D eigenvalue weighted by molar-refractivity contribution is 5.28. The molecule has 0 saturated carbocycles. The minimum Gasteiger partial charge on any atom is -0.326 e. The number of halogens is 1. The molecule has 2 unspecified atom stereocenters. The first-order valence-electron chi connectivity index (χ1n) is 6.39. The Balaban J connectivity index is 2.37. The van der Waals surface area contributed by atoms with Gasteiger partial charge in [0, 0.05) is 11.6 Å². The largest absolute Gasteiger partial charge is 0.326 e. The summed E-state index contributed by atoms with van der Waals surface area (Å²) in [6.07, 6.45) is 2.09. The molecule has 0 aromatic heterocycles. The van der Waals surface area contributed by atoms with E-state index in [1.165, 1.54) is 0 Å². The highest BCUT2D eigenvalue weighted by Crippen LogP contribution is 2.31. The van der Waals surface area contributed by atoms with E-state index in [0.717, 1.165) is 37.1 Å². The molecule has 0 spiro atoms. The van der Waals surface area contributed by atoms with Crippen molar-refractivity contribution in [3.63, 3.8) is 0 Å².